The van der Waals surface area contributed by atoms with E-state index in [-0.39, 0.29) is 35.9 Å². The summed E-state index contributed by atoms with van der Waals surface area (Å²) in [7, 11) is 0. The Morgan fingerprint density at radius 1 is 1.27 bits per heavy atom. The van der Waals surface area contributed by atoms with E-state index < -0.39 is 17.4 Å². The minimum atomic E-state index is -0.933. The summed E-state index contributed by atoms with van der Waals surface area (Å²) < 4.78 is 14.7. The summed E-state index contributed by atoms with van der Waals surface area (Å²) in [5.41, 5.74) is 6.25. The number of amides is 3. The standard InChI is InChI=1S/C23H26Cl2FN5O2/c1-13(2)10-23(3)20(32)31(21(27)30-23)12-15-8-7-14(9-17(15)26)11-28-22(33)29-18-6-4-5-16(24)19(18)25/h4-9,13H,10-12H2,1-3H3,(H2,27,30)(H2,28,29,33). The van der Waals surface area contributed by atoms with Gasteiger partial charge in [-0.15, -0.1) is 0 Å². The van der Waals surface area contributed by atoms with E-state index in [1.165, 1.54) is 11.0 Å². The highest BCUT2D eigenvalue weighted by Gasteiger charge is 2.44. The molecule has 1 heterocycles. The molecule has 0 fully saturated rings. The Kier molecular flexibility index (Phi) is 7.49. The minimum absolute atomic E-state index is 0.0187. The molecule has 2 aromatic carbocycles. The first-order chi connectivity index (χ1) is 15.5. The third-order valence-electron chi connectivity index (χ3n) is 5.25. The second-order valence-electron chi connectivity index (χ2n) is 8.57. The van der Waals surface area contributed by atoms with Crippen LogP contribution in [0.1, 0.15) is 38.3 Å². The average Bonchev–Trinajstić information content (AvgIpc) is 2.93. The lowest BCUT2D eigenvalue weighted by molar-refractivity contribution is -0.131. The van der Waals surface area contributed by atoms with Gasteiger partial charge in [0.25, 0.3) is 5.91 Å². The Morgan fingerprint density at radius 3 is 2.67 bits per heavy atom. The van der Waals surface area contributed by atoms with Crippen molar-refractivity contribution >= 4 is 46.8 Å². The van der Waals surface area contributed by atoms with E-state index in [9.17, 15) is 14.0 Å². The summed E-state index contributed by atoms with van der Waals surface area (Å²) in [5.74, 6) is -0.406. The third kappa shape index (κ3) is 5.75. The number of nitrogens with one attached hydrogen (secondary N) is 2. The number of rotatable bonds is 7. The van der Waals surface area contributed by atoms with Gasteiger partial charge >= 0.3 is 6.03 Å². The van der Waals surface area contributed by atoms with Gasteiger partial charge in [-0.05, 0) is 43.0 Å². The van der Waals surface area contributed by atoms with Gasteiger partial charge in [-0.1, -0.05) is 55.2 Å². The molecule has 0 radical (unpaired) electrons. The van der Waals surface area contributed by atoms with Crippen molar-refractivity contribution in [3.05, 3.63) is 63.4 Å². The number of nitrogens with zero attached hydrogens (tertiary/aromatic N) is 2. The number of benzene rings is 2. The van der Waals surface area contributed by atoms with Crippen LogP contribution in [0.15, 0.2) is 41.4 Å². The maximum absolute atomic E-state index is 14.7. The predicted octanol–water partition coefficient (Wildman–Crippen LogP) is 4.92. The molecule has 176 valence electrons. The number of halogens is 3. The van der Waals surface area contributed by atoms with E-state index in [2.05, 4.69) is 15.6 Å². The first-order valence-electron chi connectivity index (χ1n) is 10.4. The van der Waals surface area contributed by atoms with Crippen molar-refractivity contribution < 1.29 is 14.0 Å². The number of guanidine groups is 1. The first kappa shape index (κ1) is 24.8. The number of hydrogen-bond donors (Lipinski definition) is 3. The molecule has 1 aliphatic heterocycles. The average molecular weight is 494 g/mol. The quantitative estimate of drug-likeness (QED) is 0.510. The van der Waals surface area contributed by atoms with Crippen molar-refractivity contribution in [1.82, 2.24) is 10.2 Å². The Labute approximate surface area is 202 Å². The topological polar surface area (TPSA) is 99.8 Å². The van der Waals surface area contributed by atoms with Crippen LogP contribution in [0.4, 0.5) is 14.9 Å². The van der Waals surface area contributed by atoms with Crippen LogP contribution in [0.3, 0.4) is 0 Å². The highest BCUT2D eigenvalue weighted by molar-refractivity contribution is 6.43. The summed E-state index contributed by atoms with van der Waals surface area (Å²) >= 11 is 12.0. The van der Waals surface area contributed by atoms with Crippen LogP contribution in [0, 0.1) is 11.7 Å². The van der Waals surface area contributed by atoms with E-state index in [4.69, 9.17) is 28.9 Å². The van der Waals surface area contributed by atoms with Gasteiger partial charge in [0.05, 0.1) is 22.3 Å². The van der Waals surface area contributed by atoms with Crippen molar-refractivity contribution in [3.63, 3.8) is 0 Å². The third-order valence-corrected chi connectivity index (χ3v) is 6.07. The fourth-order valence-electron chi connectivity index (χ4n) is 3.79. The molecule has 0 aromatic heterocycles. The largest absolute Gasteiger partial charge is 0.369 e. The molecule has 1 unspecified atom stereocenters. The molecular weight excluding hydrogens is 468 g/mol. The summed E-state index contributed by atoms with van der Waals surface area (Å²) in [5, 5.41) is 5.78. The Hall–Kier alpha value is -2.84. The smallest absolute Gasteiger partial charge is 0.319 e. The second kappa shape index (κ2) is 9.97. The summed E-state index contributed by atoms with van der Waals surface area (Å²) in [6.45, 7) is 5.82. The highest BCUT2D eigenvalue weighted by Crippen LogP contribution is 2.30. The van der Waals surface area contributed by atoms with E-state index >= 15 is 0 Å². The van der Waals surface area contributed by atoms with Crippen LogP contribution in [0.5, 0.6) is 0 Å². The number of hydrogen-bond acceptors (Lipinski definition) is 4. The Morgan fingerprint density at radius 2 is 2.00 bits per heavy atom. The molecule has 33 heavy (non-hydrogen) atoms. The minimum Gasteiger partial charge on any atom is -0.369 e. The van der Waals surface area contributed by atoms with Crippen molar-refractivity contribution in [2.75, 3.05) is 5.32 Å². The fraction of sp³-hybridized carbons (Fsp3) is 0.348. The molecule has 0 saturated carbocycles. The summed E-state index contributed by atoms with van der Waals surface area (Å²) in [4.78, 5) is 30.7. The van der Waals surface area contributed by atoms with Crippen LogP contribution < -0.4 is 16.4 Å². The van der Waals surface area contributed by atoms with Gasteiger partial charge < -0.3 is 16.4 Å². The number of anilines is 1. The molecule has 4 N–H and O–H groups in total. The van der Waals surface area contributed by atoms with Crippen molar-refractivity contribution in [1.29, 1.82) is 0 Å². The number of nitrogens with two attached hydrogens (primary N) is 1. The zero-order chi connectivity index (χ0) is 24.3. The molecule has 0 spiro atoms. The van der Waals surface area contributed by atoms with E-state index in [1.807, 2.05) is 13.8 Å². The molecule has 2 aromatic rings. The maximum atomic E-state index is 14.7. The van der Waals surface area contributed by atoms with Gasteiger partial charge in [0.1, 0.15) is 11.4 Å². The molecule has 3 rings (SSSR count). The predicted molar refractivity (Wildman–Crippen MR) is 129 cm³/mol. The molecule has 3 amide bonds. The SMILES string of the molecule is CC(C)CC1(C)N=C(N)N(Cc2ccc(CNC(=O)Nc3cccc(Cl)c3Cl)cc2F)C1=O. The van der Waals surface area contributed by atoms with Gasteiger partial charge in [0.2, 0.25) is 0 Å². The van der Waals surface area contributed by atoms with Crippen LogP contribution in [-0.4, -0.2) is 28.3 Å². The van der Waals surface area contributed by atoms with Crippen molar-refractivity contribution in [2.45, 2.75) is 45.8 Å². The highest BCUT2D eigenvalue weighted by atomic mass is 35.5. The van der Waals surface area contributed by atoms with Crippen LogP contribution >= 0.6 is 23.2 Å². The molecule has 0 aliphatic carbocycles. The molecule has 7 nitrogen and oxygen atoms in total. The molecule has 1 atom stereocenters. The number of aliphatic imine (C=N–C) groups is 1. The van der Waals surface area contributed by atoms with Crippen LogP contribution in [-0.2, 0) is 17.9 Å². The van der Waals surface area contributed by atoms with Crippen LogP contribution in [0.25, 0.3) is 0 Å². The summed E-state index contributed by atoms with van der Waals surface area (Å²) in [6.07, 6.45) is 0.554. The van der Waals surface area contributed by atoms with E-state index in [0.717, 1.165) is 0 Å². The Bertz CT molecular complexity index is 1110. The van der Waals surface area contributed by atoms with Crippen LogP contribution in [0.2, 0.25) is 10.0 Å². The second-order valence-corrected chi connectivity index (χ2v) is 9.35. The zero-order valence-electron chi connectivity index (χ0n) is 18.6. The fourth-order valence-corrected chi connectivity index (χ4v) is 4.13. The lowest BCUT2D eigenvalue weighted by Crippen LogP contribution is -2.43. The molecule has 10 heteroatoms. The molecule has 0 saturated heterocycles. The zero-order valence-corrected chi connectivity index (χ0v) is 20.1. The van der Waals surface area contributed by atoms with Gasteiger partial charge in [-0.3, -0.25) is 9.69 Å². The van der Waals surface area contributed by atoms with Gasteiger partial charge in [0.15, 0.2) is 5.96 Å². The van der Waals surface area contributed by atoms with E-state index in [0.29, 0.717) is 28.3 Å². The van der Waals surface area contributed by atoms with Crippen molar-refractivity contribution in [2.24, 2.45) is 16.6 Å². The van der Waals surface area contributed by atoms with Crippen molar-refractivity contribution in [3.8, 4) is 0 Å². The molecule has 1 aliphatic rings. The number of carbonyl (C=O) groups excluding carboxylic acids is 2. The van der Waals surface area contributed by atoms with Gasteiger partial charge in [-0.2, -0.15) is 0 Å². The normalized spacial score (nSPS) is 18.0. The summed E-state index contributed by atoms with van der Waals surface area (Å²) in [6, 6.07) is 8.91. The number of carbonyl (C=O) groups is 2. The molecular formula is C23H26Cl2FN5O2. The molecule has 0 bridgehead atoms. The van der Waals surface area contributed by atoms with Gasteiger partial charge in [-0.25, -0.2) is 14.2 Å². The first-order valence-corrected chi connectivity index (χ1v) is 11.2. The number of urea groups is 1. The van der Waals surface area contributed by atoms with Gasteiger partial charge in [0, 0.05) is 12.1 Å². The Balaban J connectivity index is 1.61. The monoisotopic (exact) mass is 493 g/mol. The van der Waals surface area contributed by atoms with E-state index in [1.54, 1.807) is 37.3 Å². The lowest BCUT2D eigenvalue weighted by atomic mass is 9.91. The maximum Gasteiger partial charge on any atom is 0.319 e. The lowest BCUT2D eigenvalue weighted by Gasteiger charge is -2.23.